The summed E-state index contributed by atoms with van der Waals surface area (Å²) in [6.45, 7) is 0. The van der Waals surface area contributed by atoms with Gasteiger partial charge in [0.2, 0.25) is 5.91 Å². The van der Waals surface area contributed by atoms with Crippen molar-refractivity contribution in [2.24, 2.45) is 4.99 Å². The van der Waals surface area contributed by atoms with Gasteiger partial charge in [0, 0.05) is 12.6 Å². The van der Waals surface area contributed by atoms with E-state index in [-0.39, 0.29) is 17.8 Å². The molecular weight excluding hydrogens is 309 g/mol. The molecule has 0 aromatic heterocycles. The van der Waals surface area contributed by atoms with Crippen LogP contribution in [0.4, 0.5) is 4.39 Å². The fraction of sp³-hybridized carbons (Fsp3) is 0.222. The predicted molar refractivity (Wildman–Crippen MR) is 90.4 cm³/mol. The van der Waals surface area contributed by atoms with E-state index in [1.54, 1.807) is 26.3 Å². The molecule has 0 saturated carbocycles. The number of aliphatic imine (C=N–C) groups is 1. The lowest BCUT2D eigenvalue weighted by Crippen LogP contribution is -2.49. The van der Waals surface area contributed by atoms with Crippen molar-refractivity contribution >= 4 is 11.9 Å². The monoisotopic (exact) mass is 327 g/mol. The normalized spacial score (nSPS) is 18.9. The fourth-order valence-electron chi connectivity index (χ4n) is 2.72. The molecule has 5 nitrogen and oxygen atoms in total. The number of benzene rings is 2. The first kappa shape index (κ1) is 16.0. The Morgan fingerprint density at radius 1 is 1.25 bits per heavy atom. The van der Waals surface area contributed by atoms with Gasteiger partial charge < -0.3 is 10.1 Å². The van der Waals surface area contributed by atoms with E-state index in [0.717, 1.165) is 11.1 Å². The first-order chi connectivity index (χ1) is 11.6. The molecule has 0 aliphatic carbocycles. The standard InChI is InChI=1S/C18H18FN3O2/c1-20-18-21-16(10-17(23)22-18)12-5-3-4-11(8-12)14-9-13(24-2)6-7-15(14)19/h3-9,16H,10H2,1-2H3,(H2,20,21,22,23)/t16-/m0/s1. The maximum absolute atomic E-state index is 14.2. The summed E-state index contributed by atoms with van der Waals surface area (Å²) in [6.07, 6.45) is 0.295. The third kappa shape index (κ3) is 3.22. The van der Waals surface area contributed by atoms with E-state index in [2.05, 4.69) is 15.6 Å². The van der Waals surface area contributed by atoms with Crippen molar-refractivity contribution < 1.29 is 13.9 Å². The number of halogens is 1. The van der Waals surface area contributed by atoms with Gasteiger partial charge in [-0.2, -0.15) is 0 Å². The molecule has 1 aliphatic rings. The number of hydrogen-bond donors (Lipinski definition) is 2. The Morgan fingerprint density at radius 3 is 2.83 bits per heavy atom. The number of carbonyl (C=O) groups is 1. The lowest BCUT2D eigenvalue weighted by molar-refractivity contribution is -0.120. The van der Waals surface area contributed by atoms with Crippen LogP contribution in [-0.4, -0.2) is 26.0 Å². The molecule has 2 aromatic rings. The molecule has 1 heterocycles. The van der Waals surface area contributed by atoms with Crippen LogP contribution in [0.25, 0.3) is 11.1 Å². The lowest BCUT2D eigenvalue weighted by Gasteiger charge is -2.26. The molecule has 2 aromatic carbocycles. The van der Waals surface area contributed by atoms with Crippen molar-refractivity contribution in [3.8, 4) is 16.9 Å². The zero-order valence-corrected chi connectivity index (χ0v) is 13.5. The van der Waals surface area contributed by atoms with E-state index in [1.165, 1.54) is 6.07 Å². The molecule has 3 rings (SSSR count). The van der Waals surface area contributed by atoms with Crippen molar-refractivity contribution in [1.82, 2.24) is 10.6 Å². The largest absolute Gasteiger partial charge is 0.497 e. The minimum Gasteiger partial charge on any atom is -0.497 e. The second-order valence-electron chi connectivity index (χ2n) is 5.49. The zero-order valence-electron chi connectivity index (χ0n) is 13.5. The second-order valence-corrected chi connectivity index (χ2v) is 5.49. The molecule has 2 N–H and O–H groups in total. The maximum Gasteiger partial charge on any atom is 0.229 e. The average molecular weight is 327 g/mol. The number of nitrogens with one attached hydrogen (secondary N) is 2. The van der Waals surface area contributed by atoms with Gasteiger partial charge in [-0.25, -0.2) is 4.39 Å². The number of guanidine groups is 1. The Bertz CT molecular complexity index is 805. The van der Waals surface area contributed by atoms with Gasteiger partial charge in [0.05, 0.1) is 19.6 Å². The fourth-order valence-corrected chi connectivity index (χ4v) is 2.72. The van der Waals surface area contributed by atoms with Gasteiger partial charge in [-0.05, 0) is 35.4 Å². The Kier molecular flexibility index (Phi) is 4.46. The minimum atomic E-state index is -0.321. The van der Waals surface area contributed by atoms with E-state index in [4.69, 9.17) is 4.74 Å². The highest BCUT2D eigenvalue weighted by Crippen LogP contribution is 2.30. The van der Waals surface area contributed by atoms with Crippen LogP contribution < -0.4 is 15.4 Å². The van der Waals surface area contributed by atoms with Crippen LogP contribution in [0.3, 0.4) is 0 Å². The molecular formula is C18H18FN3O2. The molecule has 6 heteroatoms. The first-order valence-electron chi connectivity index (χ1n) is 7.57. The first-order valence-corrected chi connectivity index (χ1v) is 7.57. The summed E-state index contributed by atoms with van der Waals surface area (Å²) < 4.78 is 19.4. The Labute approximate surface area is 139 Å². The van der Waals surface area contributed by atoms with Crippen molar-refractivity contribution in [3.05, 3.63) is 53.8 Å². The van der Waals surface area contributed by atoms with E-state index < -0.39 is 0 Å². The SMILES string of the molecule is CN=C1NC(=O)C[C@@H](c2cccc(-c3cc(OC)ccc3F)c2)N1. The van der Waals surface area contributed by atoms with Gasteiger partial charge in [-0.3, -0.25) is 15.1 Å². The van der Waals surface area contributed by atoms with Crippen molar-refractivity contribution in [2.75, 3.05) is 14.2 Å². The third-order valence-corrected chi connectivity index (χ3v) is 3.96. The highest BCUT2D eigenvalue weighted by Gasteiger charge is 2.24. The predicted octanol–water partition coefficient (Wildman–Crippen LogP) is 2.64. The van der Waals surface area contributed by atoms with Gasteiger partial charge in [-0.15, -0.1) is 0 Å². The van der Waals surface area contributed by atoms with Gasteiger partial charge in [0.1, 0.15) is 11.6 Å². The third-order valence-electron chi connectivity index (χ3n) is 3.96. The quantitative estimate of drug-likeness (QED) is 0.911. The Hall–Kier alpha value is -2.89. The smallest absolute Gasteiger partial charge is 0.229 e. The minimum absolute atomic E-state index is 0.0997. The number of ether oxygens (including phenoxy) is 1. The lowest BCUT2D eigenvalue weighted by atomic mass is 9.96. The highest BCUT2D eigenvalue weighted by molar-refractivity contribution is 5.99. The van der Waals surface area contributed by atoms with E-state index in [1.807, 2.05) is 24.3 Å². The molecule has 0 unspecified atom stereocenters. The summed E-state index contributed by atoms with van der Waals surface area (Å²) in [5.74, 6) is 0.608. The summed E-state index contributed by atoms with van der Waals surface area (Å²) in [7, 11) is 3.15. The molecule has 0 bridgehead atoms. The average Bonchev–Trinajstić information content (AvgIpc) is 2.61. The molecule has 0 radical (unpaired) electrons. The molecule has 1 saturated heterocycles. The van der Waals surface area contributed by atoms with E-state index in [0.29, 0.717) is 23.7 Å². The summed E-state index contributed by atoms with van der Waals surface area (Å²) in [4.78, 5) is 15.8. The molecule has 124 valence electrons. The van der Waals surface area contributed by atoms with Gasteiger partial charge in [0.15, 0.2) is 5.96 Å². The van der Waals surface area contributed by atoms with Gasteiger partial charge in [-0.1, -0.05) is 18.2 Å². The Balaban J connectivity index is 1.96. The molecule has 1 atom stereocenters. The summed E-state index contributed by atoms with van der Waals surface area (Å²) in [5.41, 5.74) is 2.08. The van der Waals surface area contributed by atoms with E-state index >= 15 is 0 Å². The number of rotatable bonds is 3. The number of carbonyl (C=O) groups excluding carboxylic acids is 1. The summed E-state index contributed by atoms with van der Waals surface area (Å²) in [6, 6.07) is 11.9. The van der Waals surface area contributed by atoms with Crippen molar-refractivity contribution in [3.63, 3.8) is 0 Å². The van der Waals surface area contributed by atoms with Crippen LogP contribution in [-0.2, 0) is 4.79 Å². The van der Waals surface area contributed by atoms with E-state index in [9.17, 15) is 9.18 Å². The van der Waals surface area contributed by atoms with Crippen LogP contribution in [0.2, 0.25) is 0 Å². The molecule has 1 amide bonds. The molecule has 0 spiro atoms. The van der Waals surface area contributed by atoms with Crippen molar-refractivity contribution in [1.29, 1.82) is 0 Å². The van der Waals surface area contributed by atoms with Crippen molar-refractivity contribution in [2.45, 2.75) is 12.5 Å². The Morgan fingerprint density at radius 2 is 2.08 bits per heavy atom. The second kappa shape index (κ2) is 6.70. The number of hydrogen-bond acceptors (Lipinski definition) is 3. The van der Waals surface area contributed by atoms with Crippen LogP contribution >= 0.6 is 0 Å². The van der Waals surface area contributed by atoms with Crippen LogP contribution in [0, 0.1) is 5.82 Å². The number of nitrogens with zero attached hydrogens (tertiary/aromatic N) is 1. The van der Waals surface area contributed by atoms with Gasteiger partial charge >= 0.3 is 0 Å². The molecule has 24 heavy (non-hydrogen) atoms. The topological polar surface area (TPSA) is 62.7 Å². The summed E-state index contributed by atoms with van der Waals surface area (Å²) >= 11 is 0. The highest BCUT2D eigenvalue weighted by atomic mass is 19.1. The van der Waals surface area contributed by atoms with Crippen LogP contribution in [0.15, 0.2) is 47.5 Å². The van der Waals surface area contributed by atoms with Gasteiger partial charge in [0.25, 0.3) is 0 Å². The molecule has 1 aliphatic heterocycles. The summed E-state index contributed by atoms with van der Waals surface area (Å²) in [5, 5.41) is 5.82. The maximum atomic E-state index is 14.2. The van der Waals surface area contributed by atoms with Crippen LogP contribution in [0.1, 0.15) is 18.0 Å². The number of methoxy groups -OCH3 is 1. The number of amides is 1. The van der Waals surface area contributed by atoms with Crippen LogP contribution in [0.5, 0.6) is 5.75 Å². The zero-order chi connectivity index (χ0) is 17.1. The molecule has 1 fully saturated rings.